The molecule has 0 aromatic carbocycles. The number of rotatable bonds is 3. The summed E-state index contributed by atoms with van der Waals surface area (Å²) in [5.74, 6) is 1.42. The first-order valence-corrected chi connectivity index (χ1v) is 6.56. The molecule has 1 heterocycles. The van der Waals surface area contributed by atoms with E-state index < -0.39 is 0 Å². The highest BCUT2D eigenvalue weighted by Crippen LogP contribution is 2.31. The quantitative estimate of drug-likeness (QED) is 0.742. The van der Waals surface area contributed by atoms with E-state index in [4.69, 9.17) is 11.6 Å². The molecule has 1 saturated carbocycles. The summed E-state index contributed by atoms with van der Waals surface area (Å²) >= 11 is 7.14. The van der Waals surface area contributed by atoms with Crippen molar-refractivity contribution in [2.45, 2.75) is 30.7 Å². The Labute approximate surface area is 98.4 Å². The Kier molecular flexibility index (Phi) is 3.87. The molecular weight excluding hydrogens is 233 g/mol. The van der Waals surface area contributed by atoms with Gasteiger partial charge in [0, 0.05) is 11.9 Å². The summed E-state index contributed by atoms with van der Waals surface area (Å²) in [6.07, 6.45) is 6.70. The maximum Gasteiger partial charge on any atom is 0.156 e. The van der Waals surface area contributed by atoms with Crippen LogP contribution in [-0.4, -0.2) is 10.7 Å². The average Bonchev–Trinajstić information content (AvgIpc) is 2.69. The fourth-order valence-electron chi connectivity index (χ4n) is 1.88. The Bertz CT molecular complexity index is 339. The molecule has 0 saturated heterocycles. The number of nitrogens with zero attached hydrogens (tertiary/aromatic N) is 1. The van der Waals surface area contributed by atoms with Gasteiger partial charge >= 0.3 is 0 Å². The van der Waals surface area contributed by atoms with Gasteiger partial charge in [0.2, 0.25) is 0 Å². The Morgan fingerprint density at radius 2 is 2.20 bits per heavy atom. The van der Waals surface area contributed by atoms with Crippen molar-refractivity contribution in [2.75, 3.05) is 5.75 Å². The fraction of sp³-hybridized carbons (Fsp3) is 0.545. The van der Waals surface area contributed by atoms with Gasteiger partial charge in [0.05, 0.1) is 5.02 Å². The van der Waals surface area contributed by atoms with Gasteiger partial charge in [-0.15, -0.1) is 11.8 Å². The Morgan fingerprint density at radius 3 is 2.87 bits per heavy atom. The third-order valence-electron chi connectivity index (χ3n) is 2.70. The maximum atomic E-state index is 13.4. The summed E-state index contributed by atoms with van der Waals surface area (Å²) in [7, 11) is 0. The van der Waals surface area contributed by atoms with Crippen molar-refractivity contribution in [3.05, 3.63) is 23.1 Å². The molecule has 0 bridgehead atoms. The minimum absolute atomic E-state index is 0.300. The number of halogens is 2. The second-order valence-corrected chi connectivity index (χ2v) is 5.35. The summed E-state index contributed by atoms with van der Waals surface area (Å²) in [4.78, 5) is 3.99. The summed E-state index contributed by atoms with van der Waals surface area (Å²) in [5.41, 5.74) is 0. The number of aromatic nitrogens is 1. The first-order chi connectivity index (χ1) is 7.25. The molecule has 82 valence electrons. The average molecular weight is 246 g/mol. The maximum absolute atomic E-state index is 13.4. The molecule has 1 fully saturated rings. The van der Waals surface area contributed by atoms with E-state index in [-0.39, 0.29) is 5.82 Å². The molecule has 0 radical (unpaired) electrons. The Balaban J connectivity index is 1.92. The molecule has 1 nitrogen and oxygen atoms in total. The highest BCUT2D eigenvalue weighted by atomic mass is 35.5. The van der Waals surface area contributed by atoms with E-state index in [0.29, 0.717) is 10.0 Å². The molecule has 0 atom stereocenters. The zero-order chi connectivity index (χ0) is 10.7. The number of pyridine rings is 1. The molecule has 1 aromatic heterocycles. The second kappa shape index (κ2) is 5.17. The molecule has 2 rings (SSSR count). The van der Waals surface area contributed by atoms with E-state index in [1.807, 2.05) is 0 Å². The molecule has 0 aliphatic heterocycles. The molecule has 15 heavy (non-hydrogen) atoms. The predicted molar refractivity (Wildman–Crippen MR) is 61.9 cm³/mol. The monoisotopic (exact) mass is 245 g/mol. The van der Waals surface area contributed by atoms with Crippen LogP contribution >= 0.6 is 23.4 Å². The van der Waals surface area contributed by atoms with E-state index >= 15 is 0 Å². The lowest BCUT2D eigenvalue weighted by atomic mass is 10.1. The van der Waals surface area contributed by atoms with Crippen LogP contribution in [0.4, 0.5) is 4.39 Å². The van der Waals surface area contributed by atoms with Gasteiger partial charge in [-0.1, -0.05) is 24.4 Å². The van der Waals surface area contributed by atoms with Gasteiger partial charge in [0.1, 0.15) is 5.03 Å². The standard InChI is InChI=1S/C11H13ClFNS/c12-9-5-10(13)11(14-6-9)15-7-8-3-1-2-4-8/h5-6,8H,1-4,7H2. The molecule has 0 unspecified atom stereocenters. The van der Waals surface area contributed by atoms with Gasteiger partial charge in [0.15, 0.2) is 5.82 Å². The predicted octanol–water partition coefficient (Wildman–Crippen LogP) is 4.16. The van der Waals surface area contributed by atoms with Gasteiger partial charge in [-0.3, -0.25) is 0 Å². The molecule has 0 amide bonds. The summed E-state index contributed by atoms with van der Waals surface area (Å²) in [5, 5.41) is 0.837. The lowest BCUT2D eigenvalue weighted by Gasteiger charge is -2.07. The van der Waals surface area contributed by atoms with Crippen LogP contribution in [0.25, 0.3) is 0 Å². The first-order valence-electron chi connectivity index (χ1n) is 5.19. The van der Waals surface area contributed by atoms with Crippen molar-refractivity contribution in [1.82, 2.24) is 4.98 Å². The van der Waals surface area contributed by atoms with Gasteiger partial charge in [-0.2, -0.15) is 0 Å². The molecule has 1 aromatic rings. The molecule has 1 aliphatic carbocycles. The molecule has 0 N–H and O–H groups in total. The molecular formula is C11H13ClFNS. The lowest BCUT2D eigenvalue weighted by molar-refractivity contribution is 0.585. The largest absolute Gasteiger partial charge is 0.245 e. The first kappa shape index (κ1) is 11.2. The van der Waals surface area contributed by atoms with Crippen molar-refractivity contribution in [3.63, 3.8) is 0 Å². The second-order valence-electron chi connectivity index (χ2n) is 3.90. The van der Waals surface area contributed by atoms with Crippen molar-refractivity contribution in [2.24, 2.45) is 5.92 Å². The third-order valence-corrected chi connectivity index (χ3v) is 4.12. The van der Waals surface area contributed by atoms with Gasteiger partial charge < -0.3 is 0 Å². The van der Waals surface area contributed by atoms with E-state index in [0.717, 1.165) is 11.7 Å². The van der Waals surface area contributed by atoms with Crippen LogP contribution in [0, 0.1) is 11.7 Å². The highest BCUT2D eigenvalue weighted by Gasteiger charge is 2.16. The SMILES string of the molecule is Fc1cc(Cl)cnc1SCC1CCCC1. The van der Waals surface area contributed by atoms with Crippen LogP contribution in [-0.2, 0) is 0 Å². The normalized spacial score (nSPS) is 17.2. The van der Waals surface area contributed by atoms with Crippen LogP contribution in [0.1, 0.15) is 25.7 Å². The summed E-state index contributed by atoms with van der Waals surface area (Å²) < 4.78 is 13.4. The lowest BCUT2D eigenvalue weighted by Crippen LogP contribution is -1.98. The number of thioether (sulfide) groups is 1. The summed E-state index contributed by atoms with van der Waals surface area (Å²) in [6, 6.07) is 1.32. The zero-order valence-corrected chi connectivity index (χ0v) is 9.95. The summed E-state index contributed by atoms with van der Waals surface area (Å²) in [6.45, 7) is 0. The van der Waals surface area contributed by atoms with Crippen LogP contribution in [0.3, 0.4) is 0 Å². The van der Waals surface area contributed by atoms with E-state index in [2.05, 4.69) is 4.98 Å². The minimum atomic E-state index is -0.300. The van der Waals surface area contributed by atoms with E-state index in [9.17, 15) is 4.39 Å². The fourth-order valence-corrected chi connectivity index (χ4v) is 3.08. The van der Waals surface area contributed by atoms with Gasteiger partial charge in [-0.05, 0) is 24.8 Å². The minimum Gasteiger partial charge on any atom is -0.245 e. The Morgan fingerprint density at radius 1 is 1.47 bits per heavy atom. The van der Waals surface area contributed by atoms with Crippen LogP contribution in [0.5, 0.6) is 0 Å². The van der Waals surface area contributed by atoms with Crippen LogP contribution in [0.15, 0.2) is 17.3 Å². The van der Waals surface area contributed by atoms with Crippen molar-refractivity contribution < 1.29 is 4.39 Å². The van der Waals surface area contributed by atoms with E-state index in [1.165, 1.54) is 49.7 Å². The van der Waals surface area contributed by atoms with Crippen LogP contribution in [0.2, 0.25) is 5.02 Å². The van der Waals surface area contributed by atoms with Crippen LogP contribution < -0.4 is 0 Å². The molecule has 0 spiro atoms. The van der Waals surface area contributed by atoms with Gasteiger partial charge in [-0.25, -0.2) is 9.37 Å². The topological polar surface area (TPSA) is 12.9 Å². The number of hydrogen-bond donors (Lipinski definition) is 0. The highest BCUT2D eigenvalue weighted by molar-refractivity contribution is 7.99. The Hall–Kier alpha value is -0.280. The molecule has 4 heteroatoms. The smallest absolute Gasteiger partial charge is 0.156 e. The van der Waals surface area contributed by atoms with Gasteiger partial charge in [0.25, 0.3) is 0 Å². The van der Waals surface area contributed by atoms with Crippen molar-refractivity contribution in [1.29, 1.82) is 0 Å². The van der Waals surface area contributed by atoms with Crippen molar-refractivity contribution >= 4 is 23.4 Å². The molecule has 1 aliphatic rings. The van der Waals surface area contributed by atoms with E-state index in [1.54, 1.807) is 0 Å². The van der Waals surface area contributed by atoms with Crippen molar-refractivity contribution in [3.8, 4) is 0 Å². The number of hydrogen-bond acceptors (Lipinski definition) is 2. The third kappa shape index (κ3) is 3.08. The zero-order valence-electron chi connectivity index (χ0n) is 8.38.